The molecule has 0 unspecified atom stereocenters. The van der Waals surface area contributed by atoms with Gasteiger partial charge in [0, 0.05) is 6.61 Å². The zero-order valence-corrected chi connectivity index (χ0v) is 13.3. The number of anilines is 1. The van der Waals surface area contributed by atoms with Crippen molar-refractivity contribution in [2.75, 3.05) is 30.8 Å². The van der Waals surface area contributed by atoms with Gasteiger partial charge in [-0.25, -0.2) is 22.0 Å². The van der Waals surface area contributed by atoms with Crippen LogP contribution in [0.3, 0.4) is 0 Å². The number of hydrogen-bond acceptors (Lipinski definition) is 6. The molecule has 0 heterocycles. The largest absolute Gasteiger partial charge is 0.495 e. The molecule has 0 fully saturated rings. The highest BCUT2D eigenvalue weighted by molar-refractivity contribution is 7.92. The summed E-state index contributed by atoms with van der Waals surface area (Å²) in [5, 5.41) is 5.06. The molecule has 21 heavy (non-hydrogen) atoms. The average molecular weight is 338 g/mol. The highest BCUT2D eigenvalue weighted by Crippen LogP contribution is 2.26. The number of nitrogens with two attached hydrogens (primary N) is 1. The number of nitrogens with one attached hydrogen (secondary N) is 1. The van der Waals surface area contributed by atoms with Gasteiger partial charge in [0.25, 0.3) is 0 Å². The molecule has 0 spiro atoms. The first kappa shape index (κ1) is 17.7. The van der Waals surface area contributed by atoms with Crippen molar-refractivity contribution in [2.24, 2.45) is 5.14 Å². The SMILES string of the molecule is CCOCCS(=O)(=O)Nc1ccc(OC)c(S(N)(=O)=O)c1. The summed E-state index contributed by atoms with van der Waals surface area (Å²) in [7, 11) is -6.38. The minimum atomic E-state index is -4.03. The lowest BCUT2D eigenvalue weighted by atomic mass is 10.3. The lowest BCUT2D eigenvalue weighted by Crippen LogP contribution is -2.21. The van der Waals surface area contributed by atoms with Crippen molar-refractivity contribution >= 4 is 25.7 Å². The van der Waals surface area contributed by atoms with Gasteiger partial charge in [-0.05, 0) is 25.1 Å². The predicted molar refractivity (Wildman–Crippen MR) is 78.3 cm³/mol. The van der Waals surface area contributed by atoms with E-state index in [1.807, 2.05) is 0 Å². The molecular formula is C11H18N2O6S2. The number of hydrogen-bond donors (Lipinski definition) is 2. The van der Waals surface area contributed by atoms with Crippen molar-refractivity contribution in [3.63, 3.8) is 0 Å². The predicted octanol–water partition coefficient (Wildman–Crippen LogP) is 0.121. The molecule has 0 atom stereocenters. The van der Waals surface area contributed by atoms with Gasteiger partial charge < -0.3 is 9.47 Å². The highest BCUT2D eigenvalue weighted by atomic mass is 32.2. The third-order valence-electron chi connectivity index (χ3n) is 2.44. The fourth-order valence-corrected chi connectivity index (χ4v) is 3.15. The van der Waals surface area contributed by atoms with Crippen LogP contribution in [0, 0.1) is 0 Å². The maximum absolute atomic E-state index is 11.8. The number of ether oxygens (including phenoxy) is 2. The van der Waals surface area contributed by atoms with Crippen LogP contribution in [0.5, 0.6) is 5.75 Å². The van der Waals surface area contributed by atoms with E-state index >= 15 is 0 Å². The zero-order chi connectivity index (χ0) is 16.1. The average Bonchev–Trinajstić information content (AvgIpc) is 2.37. The summed E-state index contributed by atoms with van der Waals surface area (Å²) in [5.74, 6) is -0.202. The van der Waals surface area contributed by atoms with E-state index in [4.69, 9.17) is 14.6 Å². The Kier molecular flexibility index (Phi) is 5.96. The van der Waals surface area contributed by atoms with Gasteiger partial charge in [0.05, 0.1) is 25.2 Å². The standard InChI is InChI=1S/C11H18N2O6S2/c1-3-19-6-7-20(14,15)13-9-4-5-10(18-2)11(8-9)21(12,16)17/h4-5,8,13H,3,6-7H2,1-2H3,(H2,12,16,17). The Bertz CT molecular complexity index is 685. The molecule has 0 saturated heterocycles. The number of rotatable bonds is 8. The molecule has 0 aromatic heterocycles. The number of primary sulfonamides is 1. The Balaban J connectivity index is 3.00. The smallest absolute Gasteiger partial charge is 0.241 e. The van der Waals surface area contributed by atoms with Crippen LogP contribution in [-0.4, -0.2) is 42.9 Å². The Morgan fingerprint density at radius 1 is 1.24 bits per heavy atom. The lowest BCUT2D eigenvalue weighted by Gasteiger charge is -2.11. The van der Waals surface area contributed by atoms with E-state index in [0.717, 1.165) is 6.07 Å². The van der Waals surface area contributed by atoms with Gasteiger partial charge in [0.15, 0.2) is 0 Å². The molecule has 0 aliphatic heterocycles. The molecule has 0 saturated carbocycles. The second-order valence-electron chi connectivity index (χ2n) is 4.03. The lowest BCUT2D eigenvalue weighted by molar-refractivity contribution is 0.163. The summed E-state index contributed by atoms with van der Waals surface area (Å²) in [6.45, 7) is 2.21. The third kappa shape index (κ3) is 5.50. The first-order valence-corrected chi connectivity index (χ1v) is 9.18. The van der Waals surface area contributed by atoms with Gasteiger partial charge in [0.1, 0.15) is 10.6 Å². The molecule has 1 aromatic carbocycles. The van der Waals surface area contributed by atoms with Gasteiger partial charge in [-0.1, -0.05) is 0 Å². The zero-order valence-electron chi connectivity index (χ0n) is 11.7. The number of methoxy groups -OCH3 is 1. The van der Waals surface area contributed by atoms with Gasteiger partial charge in [-0.3, -0.25) is 4.72 Å². The van der Waals surface area contributed by atoms with E-state index < -0.39 is 20.0 Å². The summed E-state index contributed by atoms with van der Waals surface area (Å²) in [4.78, 5) is -0.296. The van der Waals surface area contributed by atoms with Crippen LogP contribution in [0.15, 0.2) is 23.1 Å². The Labute approximate surface area is 124 Å². The second-order valence-corrected chi connectivity index (χ2v) is 7.40. The van der Waals surface area contributed by atoms with E-state index in [2.05, 4.69) is 4.72 Å². The highest BCUT2D eigenvalue weighted by Gasteiger charge is 2.17. The molecule has 8 nitrogen and oxygen atoms in total. The van der Waals surface area contributed by atoms with Crippen LogP contribution >= 0.6 is 0 Å². The van der Waals surface area contributed by atoms with E-state index in [9.17, 15) is 16.8 Å². The van der Waals surface area contributed by atoms with Crippen LogP contribution in [-0.2, 0) is 24.8 Å². The topological polar surface area (TPSA) is 125 Å². The Hall–Kier alpha value is -1.36. The molecule has 1 rings (SSSR count). The van der Waals surface area contributed by atoms with E-state index in [-0.39, 0.29) is 28.7 Å². The fourth-order valence-electron chi connectivity index (χ4n) is 1.51. The quantitative estimate of drug-likeness (QED) is 0.649. The van der Waals surface area contributed by atoms with Crippen LogP contribution in [0.2, 0.25) is 0 Å². The first-order valence-electron chi connectivity index (χ1n) is 5.98. The molecule has 3 N–H and O–H groups in total. The molecule has 0 aliphatic rings. The fraction of sp³-hybridized carbons (Fsp3) is 0.455. The minimum Gasteiger partial charge on any atom is -0.495 e. The van der Waals surface area contributed by atoms with Crippen LogP contribution < -0.4 is 14.6 Å². The maximum atomic E-state index is 11.8. The van der Waals surface area contributed by atoms with Gasteiger partial charge >= 0.3 is 0 Å². The molecule has 0 aliphatic carbocycles. The summed E-state index contributed by atoms with van der Waals surface area (Å²) < 4.78 is 58.6. The normalized spacial score (nSPS) is 12.1. The van der Waals surface area contributed by atoms with Crippen LogP contribution in [0.1, 0.15) is 6.92 Å². The number of sulfonamides is 2. The van der Waals surface area contributed by atoms with Crippen LogP contribution in [0.25, 0.3) is 0 Å². The van der Waals surface area contributed by atoms with E-state index in [0.29, 0.717) is 6.61 Å². The molecule has 0 amide bonds. The van der Waals surface area contributed by atoms with Crippen molar-refractivity contribution in [2.45, 2.75) is 11.8 Å². The monoisotopic (exact) mass is 338 g/mol. The Morgan fingerprint density at radius 3 is 2.43 bits per heavy atom. The molecule has 10 heteroatoms. The van der Waals surface area contributed by atoms with Gasteiger partial charge in [-0.15, -0.1) is 0 Å². The molecule has 120 valence electrons. The Morgan fingerprint density at radius 2 is 1.90 bits per heavy atom. The third-order valence-corrected chi connectivity index (χ3v) is 4.63. The van der Waals surface area contributed by atoms with Crippen LogP contribution in [0.4, 0.5) is 5.69 Å². The van der Waals surface area contributed by atoms with Gasteiger partial charge in [0.2, 0.25) is 20.0 Å². The summed E-state index contributed by atoms with van der Waals surface area (Å²) in [6.07, 6.45) is 0. The minimum absolute atomic E-state index is 0.0368. The van der Waals surface area contributed by atoms with Crippen molar-refractivity contribution in [1.82, 2.24) is 0 Å². The molecule has 0 bridgehead atoms. The van der Waals surface area contributed by atoms with Crippen molar-refractivity contribution in [3.05, 3.63) is 18.2 Å². The van der Waals surface area contributed by atoms with E-state index in [1.165, 1.54) is 19.2 Å². The van der Waals surface area contributed by atoms with Gasteiger partial charge in [-0.2, -0.15) is 0 Å². The summed E-state index contributed by atoms with van der Waals surface area (Å²) in [5.41, 5.74) is 0.0799. The first-order chi connectivity index (χ1) is 9.69. The molecule has 0 radical (unpaired) electrons. The molecule has 1 aromatic rings. The number of benzene rings is 1. The maximum Gasteiger partial charge on any atom is 0.241 e. The van der Waals surface area contributed by atoms with Crippen molar-refractivity contribution in [1.29, 1.82) is 0 Å². The summed E-state index contributed by atoms with van der Waals surface area (Å²) >= 11 is 0. The van der Waals surface area contributed by atoms with Crippen molar-refractivity contribution in [3.8, 4) is 5.75 Å². The second kappa shape index (κ2) is 7.07. The summed E-state index contributed by atoms with van der Waals surface area (Å²) in [6, 6.07) is 3.80. The van der Waals surface area contributed by atoms with E-state index in [1.54, 1.807) is 6.92 Å². The molecular weight excluding hydrogens is 320 g/mol. The van der Waals surface area contributed by atoms with Crippen molar-refractivity contribution < 1.29 is 26.3 Å².